The molecule has 3 atom stereocenters. The molecule has 0 aromatic heterocycles. The number of ether oxygens (including phenoxy) is 3. The molecule has 3 rings (SSSR count). The summed E-state index contributed by atoms with van der Waals surface area (Å²) in [5.41, 5.74) is 0. The number of esters is 3. The van der Waals surface area contributed by atoms with Crippen LogP contribution in [-0.2, 0) is 28.6 Å². The molecule has 6 heteroatoms. The van der Waals surface area contributed by atoms with Gasteiger partial charge in [-0.1, -0.05) is 25.7 Å². The molecular weight excluding hydrogens is 348 g/mol. The number of carbonyl (C=O) groups is 3. The molecule has 2 saturated carbocycles. The van der Waals surface area contributed by atoms with Gasteiger partial charge in [-0.2, -0.15) is 0 Å². The molecule has 0 N–H and O–H groups in total. The van der Waals surface area contributed by atoms with Crippen LogP contribution in [0.3, 0.4) is 0 Å². The largest absolute Gasteiger partial charge is 0.459 e. The van der Waals surface area contributed by atoms with E-state index in [0.29, 0.717) is 19.3 Å². The van der Waals surface area contributed by atoms with Crippen LogP contribution in [0, 0.1) is 11.8 Å². The van der Waals surface area contributed by atoms with Gasteiger partial charge in [0, 0.05) is 6.42 Å². The maximum absolute atomic E-state index is 12.6. The van der Waals surface area contributed by atoms with Gasteiger partial charge in [0.25, 0.3) is 0 Å². The topological polar surface area (TPSA) is 78.9 Å². The van der Waals surface area contributed by atoms with Gasteiger partial charge >= 0.3 is 17.9 Å². The molecule has 1 saturated heterocycles. The van der Waals surface area contributed by atoms with Crippen molar-refractivity contribution in [1.29, 1.82) is 0 Å². The Hall–Kier alpha value is -1.59. The van der Waals surface area contributed by atoms with E-state index in [-0.39, 0.29) is 29.7 Å². The third-order valence-electron chi connectivity index (χ3n) is 6.16. The Kier molecular flexibility index (Phi) is 7.13. The second-order valence-corrected chi connectivity index (χ2v) is 8.28. The second kappa shape index (κ2) is 9.56. The molecule has 0 aromatic rings. The highest BCUT2D eigenvalue weighted by Gasteiger charge is 2.39. The second-order valence-electron chi connectivity index (χ2n) is 8.28. The fourth-order valence-electron chi connectivity index (χ4n) is 4.51. The van der Waals surface area contributed by atoms with Crippen molar-refractivity contribution in [1.82, 2.24) is 0 Å². The summed E-state index contributed by atoms with van der Waals surface area (Å²) in [6, 6.07) is 0. The number of hydrogen-bond acceptors (Lipinski definition) is 6. The monoisotopic (exact) mass is 380 g/mol. The zero-order valence-electron chi connectivity index (χ0n) is 16.3. The molecule has 152 valence electrons. The molecule has 0 bridgehead atoms. The highest BCUT2D eigenvalue weighted by Crippen LogP contribution is 2.30. The Morgan fingerprint density at radius 2 is 1.33 bits per heavy atom. The van der Waals surface area contributed by atoms with Crippen molar-refractivity contribution in [2.75, 3.05) is 0 Å². The van der Waals surface area contributed by atoms with E-state index in [1.807, 2.05) is 0 Å². The summed E-state index contributed by atoms with van der Waals surface area (Å²) in [6.07, 6.45) is 8.04. The van der Waals surface area contributed by atoms with Crippen molar-refractivity contribution in [2.45, 2.75) is 102 Å². The quantitative estimate of drug-likeness (QED) is 0.547. The lowest BCUT2D eigenvalue weighted by molar-refractivity contribution is -0.187. The predicted octanol–water partition coefficient (Wildman–Crippen LogP) is 3.70. The molecule has 3 unspecified atom stereocenters. The SMILES string of the molecule is CC1OC(=O)CCCCC(OC(=O)C2CCCC2)C1OC(=O)C1CCCC1. The molecule has 6 nitrogen and oxygen atoms in total. The normalized spacial score (nSPS) is 30.9. The van der Waals surface area contributed by atoms with Gasteiger partial charge in [-0.05, 0) is 51.9 Å². The van der Waals surface area contributed by atoms with Crippen molar-refractivity contribution in [2.24, 2.45) is 11.8 Å². The molecule has 1 heterocycles. The highest BCUT2D eigenvalue weighted by molar-refractivity contribution is 5.74. The summed E-state index contributed by atoms with van der Waals surface area (Å²) in [5.74, 6) is -0.876. The molecule has 0 radical (unpaired) electrons. The lowest BCUT2D eigenvalue weighted by Crippen LogP contribution is -2.45. The summed E-state index contributed by atoms with van der Waals surface area (Å²) in [7, 11) is 0. The third-order valence-corrected chi connectivity index (χ3v) is 6.16. The molecule has 3 aliphatic rings. The van der Waals surface area contributed by atoms with Crippen LogP contribution in [0.25, 0.3) is 0 Å². The number of carbonyl (C=O) groups excluding carboxylic acids is 3. The van der Waals surface area contributed by atoms with Crippen LogP contribution in [0.1, 0.15) is 84.0 Å². The van der Waals surface area contributed by atoms with Crippen LogP contribution in [-0.4, -0.2) is 36.2 Å². The van der Waals surface area contributed by atoms with Gasteiger partial charge in [-0.15, -0.1) is 0 Å². The highest BCUT2D eigenvalue weighted by atomic mass is 16.6. The minimum atomic E-state index is -0.731. The molecule has 0 aromatic carbocycles. The van der Waals surface area contributed by atoms with E-state index < -0.39 is 18.3 Å². The van der Waals surface area contributed by atoms with Gasteiger partial charge in [-0.25, -0.2) is 0 Å². The molecule has 2 aliphatic carbocycles. The number of cyclic esters (lactones) is 1. The van der Waals surface area contributed by atoms with Gasteiger partial charge in [0.05, 0.1) is 11.8 Å². The molecule has 0 amide bonds. The average Bonchev–Trinajstić information content (AvgIpc) is 3.34. The molecule has 1 aliphatic heterocycles. The molecular formula is C21H32O6. The van der Waals surface area contributed by atoms with Crippen LogP contribution in [0.4, 0.5) is 0 Å². The minimum Gasteiger partial charge on any atom is -0.459 e. The first kappa shape index (κ1) is 20.2. The Bertz CT molecular complexity index is 533. The predicted molar refractivity (Wildman–Crippen MR) is 97.7 cm³/mol. The van der Waals surface area contributed by atoms with E-state index in [1.54, 1.807) is 6.92 Å². The Labute approximate surface area is 161 Å². The smallest absolute Gasteiger partial charge is 0.309 e. The lowest BCUT2D eigenvalue weighted by atomic mass is 10.0. The van der Waals surface area contributed by atoms with Crippen molar-refractivity contribution in [3.8, 4) is 0 Å². The van der Waals surface area contributed by atoms with Crippen molar-refractivity contribution in [3.63, 3.8) is 0 Å². The third kappa shape index (κ3) is 5.45. The maximum Gasteiger partial charge on any atom is 0.309 e. The molecule has 3 fully saturated rings. The maximum atomic E-state index is 12.6. The Balaban J connectivity index is 1.71. The van der Waals surface area contributed by atoms with Gasteiger partial charge in [0.2, 0.25) is 0 Å². The standard InChI is InChI=1S/C21H32O6/c1-14-19(27-21(24)16-10-4-5-11-16)17(12-6-7-13-18(22)25-14)26-20(23)15-8-2-3-9-15/h14-17,19H,2-13H2,1H3. The van der Waals surface area contributed by atoms with E-state index in [9.17, 15) is 14.4 Å². The summed E-state index contributed by atoms with van der Waals surface area (Å²) < 4.78 is 17.1. The van der Waals surface area contributed by atoms with E-state index >= 15 is 0 Å². The van der Waals surface area contributed by atoms with E-state index in [0.717, 1.165) is 57.8 Å². The molecule has 27 heavy (non-hydrogen) atoms. The Morgan fingerprint density at radius 3 is 1.93 bits per heavy atom. The Morgan fingerprint density at radius 1 is 0.815 bits per heavy atom. The van der Waals surface area contributed by atoms with Gasteiger partial charge < -0.3 is 14.2 Å². The summed E-state index contributed by atoms with van der Waals surface area (Å²) in [4.78, 5) is 37.1. The lowest BCUT2D eigenvalue weighted by Gasteiger charge is -2.31. The molecule has 0 spiro atoms. The van der Waals surface area contributed by atoms with E-state index in [4.69, 9.17) is 14.2 Å². The van der Waals surface area contributed by atoms with Crippen LogP contribution < -0.4 is 0 Å². The first-order chi connectivity index (χ1) is 13.0. The van der Waals surface area contributed by atoms with Crippen LogP contribution in [0.15, 0.2) is 0 Å². The van der Waals surface area contributed by atoms with E-state index in [1.165, 1.54) is 0 Å². The first-order valence-electron chi connectivity index (χ1n) is 10.6. The fraction of sp³-hybridized carbons (Fsp3) is 0.857. The van der Waals surface area contributed by atoms with Crippen molar-refractivity contribution in [3.05, 3.63) is 0 Å². The van der Waals surface area contributed by atoms with Crippen molar-refractivity contribution >= 4 is 17.9 Å². The summed E-state index contributed by atoms with van der Waals surface area (Å²) in [5, 5.41) is 0. The van der Waals surface area contributed by atoms with Gasteiger partial charge in [0.15, 0.2) is 6.10 Å². The summed E-state index contributed by atoms with van der Waals surface area (Å²) in [6.45, 7) is 1.73. The van der Waals surface area contributed by atoms with Crippen LogP contribution in [0.5, 0.6) is 0 Å². The zero-order valence-corrected chi connectivity index (χ0v) is 16.3. The summed E-state index contributed by atoms with van der Waals surface area (Å²) >= 11 is 0. The average molecular weight is 380 g/mol. The first-order valence-corrected chi connectivity index (χ1v) is 10.6. The fourth-order valence-corrected chi connectivity index (χ4v) is 4.51. The number of rotatable bonds is 4. The zero-order chi connectivity index (χ0) is 19.2. The van der Waals surface area contributed by atoms with Gasteiger partial charge in [0.1, 0.15) is 12.2 Å². The minimum absolute atomic E-state index is 0.0540. The van der Waals surface area contributed by atoms with E-state index in [2.05, 4.69) is 0 Å². The number of hydrogen-bond donors (Lipinski definition) is 0. The van der Waals surface area contributed by atoms with Crippen molar-refractivity contribution < 1.29 is 28.6 Å². The van der Waals surface area contributed by atoms with Crippen LogP contribution >= 0.6 is 0 Å². The van der Waals surface area contributed by atoms with Crippen LogP contribution in [0.2, 0.25) is 0 Å². The van der Waals surface area contributed by atoms with Gasteiger partial charge in [-0.3, -0.25) is 14.4 Å².